The van der Waals surface area contributed by atoms with Crippen molar-refractivity contribution in [3.05, 3.63) is 0 Å². The molecule has 0 amide bonds. The molecular weight excluding hydrogens is 212 g/mol. The maximum atomic E-state index is 5.37. The summed E-state index contributed by atoms with van der Waals surface area (Å²) in [6, 6.07) is 0.881. The molecule has 0 radical (unpaired) electrons. The lowest BCUT2D eigenvalue weighted by atomic mass is 9.84. The fraction of sp³-hybridized carbons (Fsp3) is 1.00. The smallest absolute Gasteiger partial charge is 0.380 e. The Morgan fingerprint density at radius 1 is 1.13 bits per heavy atom. The van der Waals surface area contributed by atoms with E-state index >= 15 is 0 Å². The van der Waals surface area contributed by atoms with Crippen LogP contribution >= 0.6 is 0 Å². The fourth-order valence-electron chi connectivity index (χ4n) is 1.88. The zero-order valence-corrected chi connectivity index (χ0v) is 11.2. The summed E-state index contributed by atoms with van der Waals surface area (Å²) < 4.78 is 21.3. The average Bonchev–Trinajstić information content (AvgIpc) is 2.23. The van der Waals surface area contributed by atoms with Gasteiger partial charge in [-0.2, -0.15) is 0 Å². The molecule has 0 spiro atoms. The Bertz CT molecular complexity index is 182. The summed E-state index contributed by atoms with van der Waals surface area (Å²) in [5, 5.41) is 0. The van der Waals surface area contributed by atoms with Crippen molar-refractivity contribution in [2.75, 3.05) is 34.5 Å². The standard InChI is InChI=1S/C10H22O4Si/c1-10(8-14-9-10)6-5-7-15(11-2,12-3)13-4/h5-9H2,1-4H3. The Hall–Kier alpha value is 0.0569. The van der Waals surface area contributed by atoms with Gasteiger partial charge in [0, 0.05) is 32.8 Å². The number of rotatable bonds is 7. The summed E-state index contributed by atoms with van der Waals surface area (Å²) in [5.74, 6) is 0. The third-order valence-electron chi connectivity index (χ3n) is 3.10. The van der Waals surface area contributed by atoms with E-state index in [9.17, 15) is 0 Å². The first-order valence-electron chi connectivity index (χ1n) is 5.33. The lowest BCUT2D eigenvalue weighted by Gasteiger charge is -2.38. The molecule has 15 heavy (non-hydrogen) atoms. The van der Waals surface area contributed by atoms with Crippen LogP contribution in [-0.2, 0) is 18.0 Å². The largest absolute Gasteiger partial charge is 0.500 e. The Labute approximate surface area is 93.2 Å². The summed E-state index contributed by atoms with van der Waals surface area (Å²) >= 11 is 0. The summed E-state index contributed by atoms with van der Waals surface area (Å²) in [6.07, 6.45) is 2.22. The Morgan fingerprint density at radius 2 is 1.67 bits per heavy atom. The molecule has 1 aliphatic heterocycles. The molecule has 0 bridgehead atoms. The van der Waals surface area contributed by atoms with E-state index < -0.39 is 8.80 Å². The van der Waals surface area contributed by atoms with Gasteiger partial charge in [-0.05, 0) is 12.8 Å². The third kappa shape index (κ3) is 3.25. The number of hydrogen-bond acceptors (Lipinski definition) is 4. The fourth-order valence-corrected chi connectivity index (χ4v) is 3.60. The van der Waals surface area contributed by atoms with Crippen LogP contribution in [0, 0.1) is 5.41 Å². The second-order valence-corrected chi connectivity index (χ2v) is 7.54. The van der Waals surface area contributed by atoms with Gasteiger partial charge in [0.15, 0.2) is 0 Å². The zero-order valence-electron chi connectivity index (χ0n) is 10.2. The van der Waals surface area contributed by atoms with Gasteiger partial charge in [0.2, 0.25) is 0 Å². The normalized spacial score (nSPS) is 20.0. The maximum Gasteiger partial charge on any atom is 0.500 e. The lowest BCUT2D eigenvalue weighted by molar-refractivity contribution is -0.106. The van der Waals surface area contributed by atoms with Crippen LogP contribution in [0.2, 0.25) is 6.04 Å². The van der Waals surface area contributed by atoms with E-state index in [0.29, 0.717) is 5.41 Å². The van der Waals surface area contributed by atoms with Crippen LogP contribution in [0.15, 0.2) is 0 Å². The van der Waals surface area contributed by atoms with Crippen molar-refractivity contribution in [2.45, 2.75) is 25.8 Å². The monoisotopic (exact) mass is 234 g/mol. The van der Waals surface area contributed by atoms with Gasteiger partial charge < -0.3 is 18.0 Å². The highest BCUT2D eigenvalue weighted by Crippen LogP contribution is 2.33. The van der Waals surface area contributed by atoms with E-state index in [1.807, 2.05) is 0 Å². The average molecular weight is 234 g/mol. The van der Waals surface area contributed by atoms with Gasteiger partial charge in [-0.15, -0.1) is 0 Å². The van der Waals surface area contributed by atoms with Crippen molar-refractivity contribution >= 4 is 8.80 Å². The van der Waals surface area contributed by atoms with Gasteiger partial charge in [0.05, 0.1) is 13.2 Å². The number of ether oxygens (including phenoxy) is 1. The summed E-state index contributed by atoms with van der Waals surface area (Å²) in [5.41, 5.74) is 0.370. The van der Waals surface area contributed by atoms with Gasteiger partial charge in [-0.1, -0.05) is 6.92 Å². The minimum atomic E-state index is -2.35. The van der Waals surface area contributed by atoms with Crippen molar-refractivity contribution in [3.63, 3.8) is 0 Å². The van der Waals surface area contributed by atoms with Gasteiger partial charge in [-0.3, -0.25) is 0 Å². The van der Waals surface area contributed by atoms with Crippen LogP contribution in [0.4, 0.5) is 0 Å². The van der Waals surface area contributed by atoms with Crippen LogP contribution in [0.3, 0.4) is 0 Å². The lowest BCUT2D eigenvalue weighted by Crippen LogP contribution is -2.44. The molecule has 1 fully saturated rings. The molecular formula is C10H22O4Si. The summed E-state index contributed by atoms with van der Waals surface area (Å²) in [6.45, 7) is 4.02. The van der Waals surface area contributed by atoms with Crippen LogP contribution in [0.25, 0.3) is 0 Å². The second kappa shape index (κ2) is 5.40. The zero-order chi connectivity index (χ0) is 11.4. The van der Waals surface area contributed by atoms with Crippen molar-refractivity contribution in [2.24, 2.45) is 5.41 Å². The summed E-state index contributed by atoms with van der Waals surface area (Å²) in [4.78, 5) is 0. The molecule has 0 aromatic rings. The molecule has 1 rings (SSSR count). The van der Waals surface area contributed by atoms with Crippen LogP contribution < -0.4 is 0 Å². The molecule has 0 N–H and O–H groups in total. The molecule has 0 unspecified atom stereocenters. The first-order chi connectivity index (χ1) is 7.10. The minimum Gasteiger partial charge on any atom is -0.380 e. The molecule has 1 saturated heterocycles. The van der Waals surface area contributed by atoms with E-state index in [4.69, 9.17) is 18.0 Å². The van der Waals surface area contributed by atoms with E-state index in [2.05, 4.69) is 6.92 Å². The Kier molecular flexibility index (Phi) is 4.73. The Balaban J connectivity index is 2.27. The molecule has 0 saturated carbocycles. The molecule has 0 aromatic heterocycles. The maximum absolute atomic E-state index is 5.37. The number of hydrogen-bond donors (Lipinski definition) is 0. The van der Waals surface area contributed by atoms with E-state index in [-0.39, 0.29) is 0 Å². The minimum absolute atomic E-state index is 0.370. The highest BCUT2D eigenvalue weighted by Gasteiger charge is 2.39. The third-order valence-corrected chi connectivity index (χ3v) is 5.93. The van der Waals surface area contributed by atoms with Crippen molar-refractivity contribution in [1.82, 2.24) is 0 Å². The van der Waals surface area contributed by atoms with Crippen molar-refractivity contribution in [3.8, 4) is 0 Å². The molecule has 0 atom stereocenters. The predicted molar refractivity (Wildman–Crippen MR) is 59.7 cm³/mol. The van der Waals surface area contributed by atoms with E-state index in [0.717, 1.165) is 32.1 Å². The van der Waals surface area contributed by atoms with Gasteiger partial charge in [0.25, 0.3) is 0 Å². The van der Waals surface area contributed by atoms with Crippen LogP contribution in [-0.4, -0.2) is 43.3 Å². The highest BCUT2D eigenvalue weighted by molar-refractivity contribution is 6.60. The van der Waals surface area contributed by atoms with E-state index in [1.54, 1.807) is 21.3 Å². The SMILES string of the molecule is CO[Si](CCCC1(C)COC1)(OC)OC. The van der Waals surface area contributed by atoms with Gasteiger partial charge >= 0.3 is 8.80 Å². The summed E-state index contributed by atoms with van der Waals surface area (Å²) in [7, 11) is 2.63. The highest BCUT2D eigenvalue weighted by atomic mass is 28.4. The predicted octanol–water partition coefficient (Wildman–Crippen LogP) is 1.68. The van der Waals surface area contributed by atoms with Gasteiger partial charge in [0.1, 0.15) is 0 Å². The van der Waals surface area contributed by atoms with Gasteiger partial charge in [-0.25, -0.2) is 0 Å². The molecule has 4 nitrogen and oxygen atoms in total. The molecule has 90 valence electrons. The van der Waals surface area contributed by atoms with E-state index in [1.165, 1.54) is 0 Å². The molecule has 0 aliphatic carbocycles. The first kappa shape index (κ1) is 13.1. The molecule has 1 aliphatic rings. The second-order valence-electron chi connectivity index (χ2n) is 4.45. The Morgan fingerprint density at radius 3 is 2.00 bits per heavy atom. The molecule has 0 aromatic carbocycles. The molecule has 1 heterocycles. The first-order valence-corrected chi connectivity index (χ1v) is 7.26. The quantitative estimate of drug-likeness (QED) is 0.628. The van der Waals surface area contributed by atoms with Crippen LogP contribution in [0.5, 0.6) is 0 Å². The van der Waals surface area contributed by atoms with Crippen LogP contribution in [0.1, 0.15) is 19.8 Å². The molecule has 5 heteroatoms. The topological polar surface area (TPSA) is 36.9 Å². The van der Waals surface area contributed by atoms with Crippen molar-refractivity contribution in [1.29, 1.82) is 0 Å². The van der Waals surface area contributed by atoms with Crippen molar-refractivity contribution < 1.29 is 18.0 Å².